The van der Waals surface area contributed by atoms with Crippen LogP contribution < -0.4 is 0 Å². The first kappa shape index (κ1) is 16.3. The van der Waals surface area contributed by atoms with Crippen LogP contribution in [0.15, 0.2) is 30.3 Å². The Morgan fingerprint density at radius 1 is 1.05 bits per heavy atom. The molecule has 0 aliphatic rings. The van der Waals surface area contributed by atoms with Crippen LogP contribution in [0.1, 0.15) is 53.2 Å². The number of benzene rings is 1. The minimum absolute atomic E-state index is 0.124. The summed E-state index contributed by atoms with van der Waals surface area (Å²) >= 11 is 0. The Kier molecular flexibility index (Phi) is 5.00. The average molecular weight is 272 g/mol. The number of ether oxygens (including phenoxy) is 1. The van der Waals surface area contributed by atoms with Crippen LogP contribution in [-0.4, -0.2) is 5.97 Å². The molecule has 0 aromatic heterocycles. The van der Waals surface area contributed by atoms with Gasteiger partial charge in [0.05, 0.1) is 5.41 Å². The van der Waals surface area contributed by atoms with Crippen molar-refractivity contribution in [2.24, 2.45) is 10.8 Å². The van der Waals surface area contributed by atoms with E-state index >= 15 is 0 Å². The molecule has 108 valence electrons. The smallest absolute Gasteiger partial charge is 0.312 e. The molecule has 0 radical (unpaired) electrons. The van der Waals surface area contributed by atoms with E-state index in [0.29, 0.717) is 0 Å². The summed E-state index contributed by atoms with van der Waals surface area (Å²) in [7, 11) is 0. The van der Waals surface area contributed by atoms with E-state index in [1.54, 1.807) is 0 Å². The number of carbonyl (C=O) groups excluding carboxylic acids is 1. The maximum atomic E-state index is 12.1. The van der Waals surface area contributed by atoms with Gasteiger partial charge < -0.3 is 4.74 Å². The third-order valence-corrected chi connectivity index (χ3v) is 2.52. The highest BCUT2D eigenvalue weighted by molar-refractivity contribution is 5.75. The van der Waals surface area contributed by atoms with E-state index in [1.807, 2.05) is 71.9 Å². The van der Waals surface area contributed by atoms with Crippen LogP contribution in [0.5, 0.6) is 0 Å². The normalized spacial score (nSPS) is 13.1. The van der Waals surface area contributed by atoms with Crippen molar-refractivity contribution < 1.29 is 9.53 Å². The van der Waals surface area contributed by atoms with E-state index in [2.05, 4.69) is 11.8 Å². The van der Waals surface area contributed by atoms with Gasteiger partial charge in [0.1, 0.15) is 0 Å². The topological polar surface area (TPSA) is 26.3 Å². The zero-order valence-electron chi connectivity index (χ0n) is 13.3. The summed E-state index contributed by atoms with van der Waals surface area (Å²) < 4.78 is 5.58. The van der Waals surface area contributed by atoms with E-state index in [1.165, 1.54) is 0 Å². The third kappa shape index (κ3) is 5.48. The Bertz CT molecular complexity index is 504. The molecular formula is C18H24O2. The largest absolute Gasteiger partial charge is 0.444 e. The maximum Gasteiger partial charge on any atom is 0.312 e. The second kappa shape index (κ2) is 6.13. The highest BCUT2D eigenvalue weighted by Gasteiger charge is 2.26. The molecule has 2 nitrogen and oxygen atoms in total. The molecule has 0 spiro atoms. The van der Waals surface area contributed by atoms with Crippen molar-refractivity contribution in [3.63, 3.8) is 0 Å². The summed E-state index contributed by atoms with van der Waals surface area (Å²) in [6.45, 7) is 11.6. The van der Waals surface area contributed by atoms with Crippen molar-refractivity contribution >= 4 is 5.97 Å². The molecule has 1 aromatic rings. The van der Waals surface area contributed by atoms with E-state index < -0.39 is 11.5 Å². The molecule has 20 heavy (non-hydrogen) atoms. The van der Waals surface area contributed by atoms with Gasteiger partial charge in [0.25, 0.3) is 0 Å². The molecular weight excluding hydrogens is 248 g/mol. The predicted molar refractivity (Wildman–Crippen MR) is 82.0 cm³/mol. The lowest BCUT2D eigenvalue weighted by Gasteiger charge is -2.21. The lowest BCUT2D eigenvalue weighted by molar-refractivity contribution is -0.156. The molecule has 1 atom stereocenters. The number of rotatable bonds is 2. The minimum atomic E-state index is -0.531. The summed E-state index contributed by atoms with van der Waals surface area (Å²) in [5, 5.41) is 0. The van der Waals surface area contributed by atoms with E-state index in [4.69, 9.17) is 4.74 Å². The standard InChI is InChI=1S/C18H24O2/c1-17(2,3)13-12-15(14-10-8-7-9-11-14)20-16(19)18(4,5)6/h7-11,15H,1-6H3. The molecule has 0 N–H and O–H groups in total. The van der Waals surface area contributed by atoms with Crippen LogP contribution in [0.3, 0.4) is 0 Å². The molecule has 1 aromatic carbocycles. The molecule has 0 saturated carbocycles. The van der Waals surface area contributed by atoms with Gasteiger partial charge in [-0.25, -0.2) is 0 Å². The van der Waals surface area contributed by atoms with Gasteiger partial charge in [-0.3, -0.25) is 4.79 Å². The van der Waals surface area contributed by atoms with Crippen molar-refractivity contribution in [1.82, 2.24) is 0 Å². The van der Waals surface area contributed by atoms with Gasteiger partial charge >= 0.3 is 5.97 Å². The lowest BCUT2D eigenvalue weighted by Crippen LogP contribution is -2.24. The Balaban J connectivity index is 3.03. The van der Waals surface area contributed by atoms with Crippen LogP contribution in [0.2, 0.25) is 0 Å². The number of hydrogen-bond acceptors (Lipinski definition) is 2. The van der Waals surface area contributed by atoms with Gasteiger partial charge in [0, 0.05) is 11.0 Å². The van der Waals surface area contributed by atoms with Gasteiger partial charge in [0.2, 0.25) is 0 Å². The van der Waals surface area contributed by atoms with Crippen molar-refractivity contribution in [3.8, 4) is 11.8 Å². The van der Waals surface area contributed by atoms with Gasteiger partial charge in [-0.15, -0.1) is 0 Å². The molecule has 0 amide bonds. The predicted octanol–water partition coefficient (Wildman–Crippen LogP) is 4.37. The highest BCUT2D eigenvalue weighted by Crippen LogP contribution is 2.24. The van der Waals surface area contributed by atoms with Crippen LogP contribution in [0, 0.1) is 22.7 Å². The van der Waals surface area contributed by atoms with E-state index in [9.17, 15) is 4.79 Å². The van der Waals surface area contributed by atoms with Gasteiger partial charge in [-0.2, -0.15) is 0 Å². The second-order valence-electron chi connectivity index (χ2n) is 6.97. The molecule has 0 saturated heterocycles. The first-order chi connectivity index (χ1) is 9.09. The van der Waals surface area contributed by atoms with Gasteiger partial charge in [0.15, 0.2) is 6.10 Å². The second-order valence-corrected chi connectivity index (χ2v) is 6.97. The highest BCUT2D eigenvalue weighted by atomic mass is 16.5. The quantitative estimate of drug-likeness (QED) is 0.590. The molecule has 0 heterocycles. The summed E-state index contributed by atoms with van der Waals surface area (Å²) in [5.74, 6) is 5.99. The molecule has 1 unspecified atom stereocenters. The zero-order chi connectivity index (χ0) is 15.4. The number of esters is 1. The van der Waals surface area contributed by atoms with Crippen molar-refractivity contribution in [1.29, 1.82) is 0 Å². The zero-order valence-corrected chi connectivity index (χ0v) is 13.3. The first-order valence-electron chi connectivity index (χ1n) is 6.88. The van der Waals surface area contributed by atoms with Gasteiger partial charge in [-0.1, -0.05) is 42.2 Å². The molecule has 0 bridgehead atoms. The van der Waals surface area contributed by atoms with Crippen molar-refractivity contribution in [3.05, 3.63) is 35.9 Å². The first-order valence-corrected chi connectivity index (χ1v) is 6.88. The molecule has 0 aliphatic carbocycles. The Labute approximate surface area is 122 Å². The Morgan fingerprint density at radius 2 is 1.60 bits per heavy atom. The van der Waals surface area contributed by atoms with E-state index in [-0.39, 0.29) is 11.4 Å². The SMILES string of the molecule is CC(C)(C)C#CC(OC(=O)C(C)(C)C)c1ccccc1. The van der Waals surface area contributed by atoms with Gasteiger partial charge in [-0.05, 0) is 41.5 Å². The Hall–Kier alpha value is -1.75. The van der Waals surface area contributed by atoms with E-state index in [0.717, 1.165) is 5.56 Å². The maximum absolute atomic E-state index is 12.1. The fraction of sp³-hybridized carbons (Fsp3) is 0.500. The summed E-state index contributed by atoms with van der Waals surface area (Å²) in [4.78, 5) is 12.1. The number of hydrogen-bond donors (Lipinski definition) is 0. The third-order valence-electron chi connectivity index (χ3n) is 2.52. The fourth-order valence-corrected chi connectivity index (χ4v) is 1.37. The molecule has 0 fully saturated rings. The van der Waals surface area contributed by atoms with Crippen molar-refractivity contribution in [2.45, 2.75) is 47.6 Å². The van der Waals surface area contributed by atoms with Crippen LogP contribution in [0.25, 0.3) is 0 Å². The lowest BCUT2D eigenvalue weighted by atomic mass is 9.96. The summed E-state index contributed by atoms with van der Waals surface area (Å²) in [6.07, 6.45) is -0.512. The van der Waals surface area contributed by atoms with Crippen LogP contribution in [-0.2, 0) is 9.53 Å². The van der Waals surface area contributed by atoms with Crippen LogP contribution in [0.4, 0.5) is 0 Å². The summed E-state index contributed by atoms with van der Waals surface area (Å²) in [6, 6.07) is 9.64. The fourth-order valence-electron chi connectivity index (χ4n) is 1.37. The molecule has 1 rings (SSSR count). The minimum Gasteiger partial charge on any atom is -0.444 e. The Morgan fingerprint density at radius 3 is 2.05 bits per heavy atom. The van der Waals surface area contributed by atoms with Crippen molar-refractivity contribution in [2.75, 3.05) is 0 Å². The molecule has 0 aliphatic heterocycles. The molecule has 2 heteroatoms. The van der Waals surface area contributed by atoms with Crippen LogP contribution >= 0.6 is 0 Å². The number of carbonyl (C=O) groups is 1. The average Bonchev–Trinajstić information content (AvgIpc) is 2.33. The summed E-state index contributed by atoms with van der Waals surface area (Å²) in [5.41, 5.74) is 0.249. The monoisotopic (exact) mass is 272 g/mol.